The number of nitrogens with one attached hydrogen (secondary N) is 1. The number of rotatable bonds is 1. The molecule has 3 atom stereocenters. The van der Waals surface area contributed by atoms with Gasteiger partial charge in [0, 0.05) is 32.4 Å². The van der Waals surface area contributed by atoms with E-state index >= 15 is 0 Å². The number of hydrogen-bond acceptors (Lipinski definition) is 3. The fourth-order valence-corrected chi connectivity index (χ4v) is 3.44. The lowest BCUT2D eigenvalue weighted by molar-refractivity contribution is -0.890. The number of carbonyl (C=O) groups excluding carboxylic acids is 1. The van der Waals surface area contributed by atoms with Gasteiger partial charge in [-0.1, -0.05) is 0 Å². The van der Waals surface area contributed by atoms with Crippen molar-refractivity contribution in [1.29, 1.82) is 0 Å². The quantitative estimate of drug-likeness (QED) is 0.731. The monoisotopic (exact) mass is 255 g/mol. The molecular formula is C14H27N2O2+. The van der Waals surface area contributed by atoms with E-state index in [1.165, 1.54) is 0 Å². The molecule has 0 aromatic carbocycles. The molecule has 0 spiro atoms. The summed E-state index contributed by atoms with van der Waals surface area (Å²) < 4.78 is 6.26. The highest BCUT2D eigenvalue weighted by atomic mass is 16.6. The summed E-state index contributed by atoms with van der Waals surface area (Å²) in [5, 5.41) is 3.39. The van der Waals surface area contributed by atoms with Crippen LogP contribution in [0, 0.1) is 0 Å². The molecule has 0 radical (unpaired) electrons. The second-order valence-electron chi connectivity index (χ2n) is 6.77. The first kappa shape index (κ1) is 13.8. The van der Waals surface area contributed by atoms with Gasteiger partial charge in [-0.05, 0) is 27.7 Å². The predicted octanol–water partition coefficient (Wildman–Crippen LogP) is 2.28. The van der Waals surface area contributed by atoms with E-state index in [2.05, 4.69) is 12.2 Å². The minimum atomic E-state index is -0.392. The molecule has 2 aliphatic rings. The van der Waals surface area contributed by atoms with Crippen LogP contribution in [-0.4, -0.2) is 47.9 Å². The summed E-state index contributed by atoms with van der Waals surface area (Å²) in [6.45, 7) is 11.0. The van der Waals surface area contributed by atoms with Crippen LogP contribution in [0.25, 0.3) is 0 Å². The topological polar surface area (TPSA) is 38.3 Å². The first-order chi connectivity index (χ1) is 8.36. The molecule has 0 aromatic rings. The van der Waals surface area contributed by atoms with E-state index in [1.807, 2.05) is 20.8 Å². The summed E-state index contributed by atoms with van der Waals surface area (Å²) in [5.74, 6) is 0. The van der Waals surface area contributed by atoms with Gasteiger partial charge in [-0.3, -0.25) is 0 Å². The largest absolute Gasteiger partial charge is 0.517 e. The lowest BCUT2D eigenvalue weighted by atomic mass is 10.1. The minimum Gasteiger partial charge on any atom is -0.414 e. The van der Waals surface area contributed by atoms with Crippen molar-refractivity contribution in [3.8, 4) is 0 Å². The minimum absolute atomic E-state index is 0.0128. The van der Waals surface area contributed by atoms with Crippen LogP contribution >= 0.6 is 0 Å². The molecule has 1 unspecified atom stereocenters. The van der Waals surface area contributed by atoms with Crippen molar-refractivity contribution < 1.29 is 14.0 Å². The van der Waals surface area contributed by atoms with Gasteiger partial charge in [-0.25, -0.2) is 4.48 Å². The maximum atomic E-state index is 12.7. The van der Waals surface area contributed by atoms with E-state index in [-0.39, 0.29) is 6.09 Å². The second kappa shape index (κ2) is 4.82. The number of quaternary nitrogens is 1. The highest BCUT2D eigenvalue weighted by Gasteiger charge is 2.54. The SMILES string of the molecule is C[C@@H]1CCC[N+]1(C(=O)OC(C)(C)C)[C@H]1CCNC1. The van der Waals surface area contributed by atoms with Gasteiger partial charge >= 0.3 is 6.09 Å². The zero-order chi connectivity index (χ0) is 13.4. The highest BCUT2D eigenvalue weighted by Crippen LogP contribution is 2.35. The van der Waals surface area contributed by atoms with Crippen molar-refractivity contribution in [3.05, 3.63) is 0 Å². The Morgan fingerprint density at radius 1 is 1.33 bits per heavy atom. The number of hydrogen-bond donors (Lipinski definition) is 1. The Balaban J connectivity index is 2.22. The summed E-state index contributed by atoms with van der Waals surface area (Å²) in [6.07, 6.45) is 3.34. The fourth-order valence-electron chi connectivity index (χ4n) is 3.44. The van der Waals surface area contributed by atoms with Gasteiger partial charge in [0.05, 0.1) is 12.6 Å². The molecule has 2 saturated heterocycles. The standard InChI is InChI=1S/C14H27N2O2/c1-11-6-5-9-16(11,12-7-8-15-10-12)13(17)18-14(2,3)4/h11-12,15H,5-10H2,1-4H3/q+1/t11-,12+,16?/m1/s1. The third kappa shape index (κ3) is 2.41. The van der Waals surface area contributed by atoms with Crippen molar-refractivity contribution in [2.24, 2.45) is 0 Å². The zero-order valence-electron chi connectivity index (χ0n) is 12.2. The van der Waals surface area contributed by atoms with Gasteiger partial charge in [-0.15, -0.1) is 0 Å². The van der Waals surface area contributed by atoms with E-state index < -0.39 is 5.60 Å². The number of carbonyl (C=O) groups is 1. The van der Waals surface area contributed by atoms with Crippen LogP contribution < -0.4 is 5.32 Å². The second-order valence-corrected chi connectivity index (χ2v) is 6.77. The van der Waals surface area contributed by atoms with E-state index in [0.717, 1.165) is 38.9 Å². The summed E-state index contributed by atoms with van der Waals surface area (Å²) in [7, 11) is 0. The highest BCUT2D eigenvalue weighted by molar-refractivity contribution is 5.61. The van der Waals surface area contributed by atoms with Crippen LogP contribution in [0.2, 0.25) is 0 Å². The third-order valence-corrected chi connectivity index (χ3v) is 4.36. The van der Waals surface area contributed by atoms with E-state index in [9.17, 15) is 4.79 Å². The summed E-state index contributed by atoms with van der Waals surface area (Å²) >= 11 is 0. The summed E-state index contributed by atoms with van der Waals surface area (Å²) in [6, 6.07) is 0.794. The molecule has 2 fully saturated rings. The summed E-state index contributed by atoms with van der Waals surface area (Å²) in [5.41, 5.74) is -0.392. The molecule has 4 nitrogen and oxygen atoms in total. The lowest BCUT2D eigenvalue weighted by Gasteiger charge is -2.40. The number of likely N-dealkylation sites (tertiary alicyclic amines) is 1. The van der Waals surface area contributed by atoms with Gasteiger partial charge in [0.25, 0.3) is 0 Å². The molecule has 1 N–H and O–H groups in total. The molecule has 0 aliphatic carbocycles. The van der Waals surface area contributed by atoms with Crippen LogP contribution in [-0.2, 0) is 4.74 Å². The van der Waals surface area contributed by atoms with Crippen molar-refractivity contribution >= 4 is 6.09 Å². The zero-order valence-corrected chi connectivity index (χ0v) is 12.2. The molecule has 104 valence electrons. The Hall–Kier alpha value is -0.610. The Bertz CT molecular complexity index is 318. The lowest BCUT2D eigenvalue weighted by Crippen LogP contribution is -2.63. The summed E-state index contributed by atoms with van der Waals surface area (Å²) in [4.78, 5) is 12.7. The van der Waals surface area contributed by atoms with E-state index in [0.29, 0.717) is 16.6 Å². The van der Waals surface area contributed by atoms with Crippen molar-refractivity contribution in [3.63, 3.8) is 0 Å². The molecular weight excluding hydrogens is 228 g/mol. The number of ether oxygens (including phenoxy) is 1. The van der Waals surface area contributed by atoms with Gasteiger partial charge in [0.15, 0.2) is 0 Å². The Morgan fingerprint density at radius 2 is 2.06 bits per heavy atom. The normalized spacial score (nSPS) is 36.9. The molecule has 0 saturated carbocycles. The molecule has 2 rings (SSSR count). The van der Waals surface area contributed by atoms with Crippen LogP contribution in [0.1, 0.15) is 47.0 Å². The molecule has 4 heteroatoms. The maximum Gasteiger partial charge on any atom is 0.517 e. The molecule has 2 heterocycles. The van der Waals surface area contributed by atoms with Crippen LogP contribution in [0.3, 0.4) is 0 Å². The number of amides is 1. The average Bonchev–Trinajstić information content (AvgIpc) is 2.83. The van der Waals surface area contributed by atoms with Gasteiger partial charge in [0.1, 0.15) is 11.6 Å². The molecule has 0 aromatic heterocycles. The molecule has 2 aliphatic heterocycles. The van der Waals surface area contributed by atoms with Gasteiger partial charge in [0.2, 0.25) is 0 Å². The smallest absolute Gasteiger partial charge is 0.414 e. The van der Waals surface area contributed by atoms with Crippen molar-refractivity contribution in [2.75, 3.05) is 19.6 Å². The van der Waals surface area contributed by atoms with Gasteiger partial charge in [-0.2, -0.15) is 4.79 Å². The predicted molar refractivity (Wildman–Crippen MR) is 71.3 cm³/mol. The Labute approximate surface area is 110 Å². The molecule has 18 heavy (non-hydrogen) atoms. The van der Waals surface area contributed by atoms with E-state index in [1.54, 1.807) is 0 Å². The Morgan fingerprint density at radius 3 is 2.50 bits per heavy atom. The first-order valence-corrected chi connectivity index (χ1v) is 7.18. The van der Waals surface area contributed by atoms with Crippen LogP contribution in [0.5, 0.6) is 0 Å². The van der Waals surface area contributed by atoms with Crippen molar-refractivity contribution in [1.82, 2.24) is 5.32 Å². The van der Waals surface area contributed by atoms with Crippen LogP contribution in [0.15, 0.2) is 0 Å². The average molecular weight is 255 g/mol. The van der Waals surface area contributed by atoms with Crippen molar-refractivity contribution in [2.45, 2.75) is 64.6 Å². The fraction of sp³-hybridized carbons (Fsp3) is 0.929. The van der Waals surface area contributed by atoms with Crippen LogP contribution in [0.4, 0.5) is 4.79 Å². The van der Waals surface area contributed by atoms with Gasteiger partial charge < -0.3 is 10.1 Å². The first-order valence-electron chi connectivity index (χ1n) is 7.18. The number of nitrogens with zero attached hydrogens (tertiary/aromatic N) is 1. The molecule has 1 amide bonds. The van der Waals surface area contributed by atoms with E-state index in [4.69, 9.17) is 4.74 Å². The molecule has 0 bridgehead atoms. The maximum absolute atomic E-state index is 12.7. The Kier molecular flexibility index (Phi) is 3.70. The third-order valence-electron chi connectivity index (χ3n) is 4.36.